The van der Waals surface area contributed by atoms with Gasteiger partial charge in [-0.1, -0.05) is 12.1 Å². The number of hydrogen-bond donors (Lipinski definition) is 3. The van der Waals surface area contributed by atoms with Crippen LogP contribution in [0.15, 0.2) is 35.7 Å². The molecule has 0 saturated heterocycles. The van der Waals surface area contributed by atoms with E-state index in [1.165, 1.54) is 11.3 Å². The molecule has 0 aliphatic rings. The summed E-state index contributed by atoms with van der Waals surface area (Å²) >= 11 is 6.30. The van der Waals surface area contributed by atoms with E-state index in [1.807, 2.05) is 19.9 Å². The SMILES string of the molecule is Cc1ccc(C(=O)NC(=S)NNC(=O)c2cccs2)cc1C. The number of thiophene rings is 1. The van der Waals surface area contributed by atoms with Crippen molar-refractivity contribution in [2.24, 2.45) is 0 Å². The molecule has 0 saturated carbocycles. The lowest BCUT2D eigenvalue weighted by Gasteiger charge is -2.10. The second kappa shape index (κ2) is 7.15. The van der Waals surface area contributed by atoms with E-state index < -0.39 is 0 Å². The quantitative estimate of drug-likeness (QED) is 0.583. The van der Waals surface area contributed by atoms with Crippen molar-refractivity contribution in [3.05, 3.63) is 57.3 Å². The van der Waals surface area contributed by atoms with E-state index in [0.29, 0.717) is 10.4 Å². The molecule has 1 aromatic carbocycles. The van der Waals surface area contributed by atoms with Crippen molar-refractivity contribution in [3.8, 4) is 0 Å². The van der Waals surface area contributed by atoms with Crippen molar-refractivity contribution in [2.75, 3.05) is 0 Å². The van der Waals surface area contributed by atoms with Gasteiger partial charge in [0.15, 0.2) is 5.11 Å². The second-order valence-electron chi connectivity index (χ2n) is 4.64. The maximum Gasteiger partial charge on any atom is 0.279 e. The molecule has 0 radical (unpaired) electrons. The number of benzene rings is 1. The third kappa shape index (κ3) is 4.12. The van der Waals surface area contributed by atoms with Crippen molar-refractivity contribution >= 4 is 40.5 Å². The average Bonchev–Trinajstić information content (AvgIpc) is 3.02. The Morgan fingerprint density at radius 2 is 1.82 bits per heavy atom. The van der Waals surface area contributed by atoms with Crippen LogP contribution in [0.25, 0.3) is 0 Å². The standard InChI is InChI=1S/C15H15N3O2S2/c1-9-5-6-11(8-10(9)2)13(19)16-15(21)18-17-14(20)12-4-3-7-22-12/h3-8H,1-2H3,(H,17,20)(H2,16,18,19,21). The lowest BCUT2D eigenvalue weighted by atomic mass is 10.1. The highest BCUT2D eigenvalue weighted by atomic mass is 32.1. The van der Waals surface area contributed by atoms with Gasteiger partial charge in [-0.15, -0.1) is 11.3 Å². The first-order valence-electron chi connectivity index (χ1n) is 6.50. The summed E-state index contributed by atoms with van der Waals surface area (Å²) in [5.74, 6) is -0.635. The van der Waals surface area contributed by atoms with Gasteiger partial charge in [0, 0.05) is 5.56 Å². The lowest BCUT2D eigenvalue weighted by Crippen LogP contribution is -2.48. The Labute approximate surface area is 137 Å². The Bertz CT molecular complexity index is 712. The van der Waals surface area contributed by atoms with E-state index in [2.05, 4.69) is 16.2 Å². The van der Waals surface area contributed by atoms with Crippen LogP contribution in [0.4, 0.5) is 0 Å². The number of nitrogens with one attached hydrogen (secondary N) is 3. The third-order valence-electron chi connectivity index (χ3n) is 3.03. The molecule has 7 heteroatoms. The van der Waals surface area contributed by atoms with Crippen molar-refractivity contribution in [3.63, 3.8) is 0 Å². The number of rotatable bonds is 2. The zero-order chi connectivity index (χ0) is 16.1. The van der Waals surface area contributed by atoms with E-state index in [-0.39, 0.29) is 16.9 Å². The van der Waals surface area contributed by atoms with Gasteiger partial charge in [0.05, 0.1) is 4.88 Å². The Balaban J connectivity index is 1.87. The number of aryl methyl sites for hydroxylation is 2. The van der Waals surface area contributed by atoms with Crippen molar-refractivity contribution < 1.29 is 9.59 Å². The summed E-state index contributed by atoms with van der Waals surface area (Å²) in [6.45, 7) is 3.91. The molecule has 0 unspecified atom stereocenters. The van der Waals surface area contributed by atoms with Crippen molar-refractivity contribution in [1.82, 2.24) is 16.2 Å². The Kier molecular flexibility index (Phi) is 5.24. The van der Waals surface area contributed by atoms with E-state index in [1.54, 1.807) is 29.6 Å². The molecule has 3 N–H and O–H groups in total. The van der Waals surface area contributed by atoms with E-state index in [4.69, 9.17) is 12.2 Å². The maximum atomic E-state index is 12.0. The average molecular weight is 333 g/mol. The number of carbonyl (C=O) groups is 2. The predicted molar refractivity (Wildman–Crippen MR) is 90.9 cm³/mol. The molecule has 1 heterocycles. The lowest BCUT2D eigenvalue weighted by molar-refractivity contribution is 0.0938. The van der Waals surface area contributed by atoms with Crippen LogP contribution in [0, 0.1) is 13.8 Å². The van der Waals surface area contributed by atoms with Gasteiger partial charge in [-0.3, -0.25) is 25.8 Å². The first-order valence-corrected chi connectivity index (χ1v) is 7.78. The van der Waals surface area contributed by atoms with E-state index in [9.17, 15) is 9.59 Å². The number of carbonyl (C=O) groups excluding carboxylic acids is 2. The molecule has 0 spiro atoms. The van der Waals surface area contributed by atoms with E-state index in [0.717, 1.165) is 11.1 Å². The van der Waals surface area contributed by atoms with Crippen LogP contribution in [0.2, 0.25) is 0 Å². The van der Waals surface area contributed by atoms with Gasteiger partial charge in [0.2, 0.25) is 0 Å². The van der Waals surface area contributed by atoms with Gasteiger partial charge >= 0.3 is 0 Å². The molecule has 114 valence electrons. The first-order chi connectivity index (χ1) is 10.5. The Morgan fingerprint density at radius 3 is 2.45 bits per heavy atom. The molecule has 0 bridgehead atoms. The van der Waals surface area contributed by atoms with Gasteiger partial charge in [-0.2, -0.15) is 0 Å². The molecule has 0 aliphatic heterocycles. The molecule has 0 atom stereocenters. The van der Waals surface area contributed by atoms with Crippen LogP contribution in [-0.4, -0.2) is 16.9 Å². The minimum absolute atomic E-state index is 0.0353. The van der Waals surface area contributed by atoms with Crippen LogP contribution in [0.5, 0.6) is 0 Å². The van der Waals surface area contributed by atoms with Gasteiger partial charge in [-0.05, 0) is 60.8 Å². The van der Waals surface area contributed by atoms with Crippen LogP contribution in [-0.2, 0) is 0 Å². The fraction of sp³-hybridized carbons (Fsp3) is 0.133. The van der Waals surface area contributed by atoms with Crippen molar-refractivity contribution in [2.45, 2.75) is 13.8 Å². The summed E-state index contributed by atoms with van der Waals surface area (Å²) in [4.78, 5) is 24.3. The highest BCUT2D eigenvalue weighted by Gasteiger charge is 2.10. The summed E-state index contributed by atoms with van der Waals surface area (Å²) < 4.78 is 0. The van der Waals surface area contributed by atoms with Crippen molar-refractivity contribution in [1.29, 1.82) is 0 Å². The number of amides is 2. The minimum Gasteiger partial charge on any atom is -0.298 e. The topological polar surface area (TPSA) is 70.2 Å². The Hall–Kier alpha value is -2.25. The summed E-state index contributed by atoms with van der Waals surface area (Å²) in [6.07, 6.45) is 0. The summed E-state index contributed by atoms with van der Waals surface area (Å²) in [7, 11) is 0. The predicted octanol–water partition coefficient (Wildman–Crippen LogP) is 2.31. The van der Waals surface area contributed by atoms with Crippen LogP contribution in [0.3, 0.4) is 0 Å². The zero-order valence-corrected chi connectivity index (χ0v) is 13.7. The summed E-state index contributed by atoms with van der Waals surface area (Å²) in [5, 5.41) is 4.35. The molecule has 2 amide bonds. The minimum atomic E-state index is -0.328. The molecular formula is C15H15N3O2S2. The molecule has 0 aliphatic carbocycles. The highest BCUT2D eigenvalue weighted by Crippen LogP contribution is 2.09. The molecule has 1 aromatic heterocycles. The number of hydrazine groups is 1. The first kappa shape index (κ1) is 16.1. The van der Waals surface area contributed by atoms with Gasteiger partial charge in [0.25, 0.3) is 11.8 Å². The van der Waals surface area contributed by atoms with Crippen LogP contribution < -0.4 is 16.2 Å². The van der Waals surface area contributed by atoms with Crippen LogP contribution >= 0.6 is 23.6 Å². The molecule has 22 heavy (non-hydrogen) atoms. The zero-order valence-electron chi connectivity index (χ0n) is 12.1. The monoisotopic (exact) mass is 333 g/mol. The third-order valence-corrected chi connectivity index (χ3v) is 4.10. The van der Waals surface area contributed by atoms with E-state index >= 15 is 0 Å². The van der Waals surface area contributed by atoms with Crippen LogP contribution in [0.1, 0.15) is 31.2 Å². The van der Waals surface area contributed by atoms with Gasteiger partial charge in [0.1, 0.15) is 0 Å². The number of hydrogen-bond acceptors (Lipinski definition) is 4. The molecule has 0 fully saturated rings. The summed E-state index contributed by atoms with van der Waals surface area (Å²) in [5.41, 5.74) is 7.58. The smallest absolute Gasteiger partial charge is 0.279 e. The maximum absolute atomic E-state index is 12.0. The Morgan fingerprint density at radius 1 is 1.05 bits per heavy atom. The summed E-state index contributed by atoms with van der Waals surface area (Å²) in [6, 6.07) is 8.86. The molecule has 5 nitrogen and oxygen atoms in total. The second-order valence-corrected chi connectivity index (χ2v) is 5.99. The molecule has 2 rings (SSSR count). The largest absolute Gasteiger partial charge is 0.298 e. The van der Waals surface area contributed by atoms with Gasteiger partial charge in [-0.25, -0.2) is 0 Å². The van der Waals surface area contributed by atoms with Gasteiger partial charge < -0.3 is 0 Å². The number of thiocarbonyl (C=S) groups is 1. The molecule has 2 aromatic rings. The normalized spacial score (nSPS) is 9.91. The highest BCUT2D eigenvalue weighted by molar-refractivity contribution is 7.80. The fourth-order valence-corrected chi connectivity index (χ4v) is 2.43. The molecular weight excluding hydrogens is 318 g/mol. The fourth-order valence-electron chi connectivity index (χ4n) is 1.67.